The molecule has 150 valence electrons. The average molecular weight is 401 g/mol. The second-order valence-corrected chi connectivity index (χ2v) is 10.4. The SMILES string of the molecule is Cn1nc(C(=O)O)c2c1C(=O)N(CC1(S(=O)(=O)C(C)(CO)CO)CC1)CC2. The van der Waals surface area contributed by atoms with E-state index in [2.05, 4.69) is 5.10 Å². The first-order valence-electron chi connectivity index (χ1n) is 8.58. The number of fused-ring (bicyclic) bond motifs is 1. The highest BCUT2D eigenvalue weighted by Crippen LogP contribution is 2.49. The molecule has 27 heavy (non-hydrogen) atoms. The Morgan fingerprint density at radius 2 is 1.89 bits per heavy atom. The van der Waals surface area contributed by atoms with Crippen LogP contribution >= 0.6 is 0 Å². The minimum absolute atomic E-state index is 0.0587. The quantitative estimate of drug-likeness (QED) is 0.516. The first-order valence-corrected chi connectivity index (χ1v) is 10.1. The summed E-state index contributed by atoms with van der Waals surface area (Å²) in [5.74, 6) is -1.68. The molecule has 1 aromatic heterocycles. The van der Waals surface area contributed by atoms with Gasteiger partial charge in [0.25, 0.3) is 5.91 Å². The van der Waals surface area contributed by atoms with Crippen molar-refractivity contribution >= 4 is 21.7 Å². The van der Waals surface area contributed by atoms with Gasteiger partial charge < -0.3 is 20.2 Å². The van der Waals surface area contributed by atoms with Crippen LogP contribution in [0.2, 0.25) is 0 Å². The Hall–Kier alpha value is -1.98. The van der Waals surface area contributed by atoms with Crippen molar-refractivity contribution in [1.82, 2.24) is 14.7 Å². The van der Waals surface area contributed by atoms with E-state index in [1.165, 1.54) is 23.6 Å². The first-order chi connectivity index (χ1) is 12.5. The summed E-state index contributed by atoms with van der Waals surface area (Å²) in [6, 6.07) is 0. The Morgan fingerprint density at radius 1 is 1.30 bits per heavy atom. The number of amides is 1. The highest BCUT2D eigenvalue weighted by atomic mass is 32.2. The van der Waals surface area contributed by atoms with E-state index in [1.807, 2.05) is 0 Å². The van der Waals surface area contributed by atoms with Crippen LogP contribution in [-0.4, -0.2) is 86.1 Å². The summed E-state index contributed by atoms with van der Waals surface area (Å²) in [6.45, 7) is -0.00955. The van der Waals surface area contributed by atoms with Gasteiger partial charge in [0, 0.05) is 25.7 Å². The number of rotatable bonds is 7. The molecule has 0 bridgehead atoms. The van der Waals surface area contributed by atoms with Crippen molar-refractivity contribution in [2.45, 2.75) is 35.7 Å². The van der Waals surface area contributed by atoms with E-state index in [0.29, 0.717) is 18.4 Å². The number of carboxylic acids is 1. The maximum Gasteiger partial charge on any atom is 0.356 e. The zero-order chi connectivity index (χ0) is 20.2. The molecule has 1 aromatic rings. The van der Waals surface area contributed by atoms with Crippen LogP contribution in [0.25, 0.3) is 0 Å². The Bertz CT molecular complexity index is 897. The van der Waals surface area contributed by atoms with Crippen LogP contribution in [0.15, 0.2) is 0 Å². The average Bonchev–Trinajstić information content (AvgIpc) is 3.33. The number of carbonyl (C=O) groups excluding carboxylic acids is 1. The van der Waals surface area contributed by atoms with Gasteiger partial charge in [-0.2, -0.15) is 5.10 Å². The molecule has 3 rings (SSSR count). The standard InChI is InChI=1S/C16H23N3O7S/c1-15(8-20,9-21)27(25,26)16(4-5-16)7-19-6-3-10-11(14(23)24)17-18(2)12(10)13(19)22/h20-21H,3-9H2,1-2H3,(H,23,24). The summed E-state index contributed by atoms with van der Waals surface area (Å²) >= 11 is 0. The van der Waals surface area contributed by atoms with Crippen molar-refractivity contribution in [3.05, 3.63) is 17.0 Å². The fourth-order valence-electron chi connectivity index (χ4n) is 3.63. The van der Waals surface area contributed by atoms with E-state index in [0.717, 1.165) is 0 Å². The highest BCUT2D eigenvalue weighted by molar-refractivity contribution is 7.94. The van der Waals surface area contributed by atoms with Crippen LogP contribution in [0.4, 0.5) is 0 Å². The third kappa shape index (κ3) is 2.75. The zero-order valence-electron chi connectivity index (χ0n) is 15.2. The number of sulfone groups is 1. The largest absolute Gasteiger partial charge is 0.476 e. The van der Waals surface area contributed by atoms with Gasteiger partial charge >= 0.3 is 5.97 Å². The summed E-state index contributed by atoms with van der Waals surface area (Å²) in [7, 11) is -2.44. The van der Waals surface area contributed by atoms with Crippen molar-refractivity contribution in [3.63, 3.8) is 0 Å². The second-order valence-electron chi connectivity index (χ2n) is 7.53. The van der Waals surface area contributed by atoms with E-state index in [-0.39, 0.29) is 30.9 Å². The van der Waals surface area contributed by atoms with Crippen LogP contribution < -0.4 is 0 Å². The third-order valence-corrected chi connectivity index (χ3v) is 8.88. The molecule has 0 spiro atoms. The number of aromatic nitrogens is 2. The van der Waals surface area contributed by atoms with Gasteiger partial charge in [-0.15, -0.1) is 0 Å². The maximum atomic E-state index is 13.0. The predicted molar refractivity (Wildman–Crippen MR) is 93.2 cm³/mol. The van der Waals surface area contributed by atoms with Crippen molar-refractivity contribution in [1.29, 1.82) is 0 Å². The lowest BCUT2D eigenvalue weighted by Gasteiger charge is -2.35. The van der Waals surface area contributed by atoms with Gasteiger partial charge in [0.15, 0.2) is 15.5 Å². The molecule has 1 fully saturated rings. The summed E-state index contributed by atoms with van der Waals surface area (Å²) in [4.78, 5) is 25.6. The molecular formula is C16H23N3O7S. The van der Waals surface area contributed by atoms with Gasteiger partial charge in [0.2, 0.25) is 0 Å². The van der Waals surface area contributed by atoms with Gasteiger partial charge in [-0.25, -0.2) is 13.2 Å². The number of hydrogen-bond donors (Lipinski definition) is 3. The lowest BCUT2D eigenvalue weighted by Crippen LogP contribution is -2.54. The minimum Gasteiger partial charge on any atom is -0.476 e. The number of aryl methyl sites for hydroxylation is 1. The van der Waals surface area contributed by atoms with Gasteiger partial charge in [-0.3, -0.25) is 9.48 Å². The molecule has 1 aliphatic heterocycles. The number of hydrogen-bond acceptors (Lipinski definition) is 7. The molecule has 0 aromatic carbocycles. The molecule has 10 nitrogen and oxygen atoms in total. The summed E-state index contributed by atoms with van der Waals surface area (Å²) < 4.78 is 24.4. The van der Waals surface area contributed by atoms with Crippen LogP contribution in [0.5, 0.6) is 0 Å². The van der Waals surface area contributed by atoms with Gasteiger partial charge in [0.05, 0.1) is 18.0 Å². The fraction of sp³-hybridized carbons (Fsp3) is 0.688. The molecule has 0 unspecified atom stereocenters. The number of aliphatic hydroxyl groups excluding tert-OH is 2. The molecule has 11 heteroatoms. The number of carbonyl (C=O) groups is 2. The van der Waals surface area contributed by atoms with Crippen LogP contribution in [0.1, 0.15) is 46.3 Å². The Balaban J connectivity index is 1.90. The van der Waals surface area contributed by atoms with E-state index < -0.39 is 44.4 Å². The summed E-state index contributed by atoms with van der Waals surface area (Å²) in [5.41, 5.74) is 0.343. The lowest BCUT2D eigenvalue weighted by molar-refractivity contribution is 0.0688. The van der Waals surface area contributed by atoms with Crippen LogP contribution in [-0.2, 0) is 23.3 Å². The normalized spacial score (nSPS) is 19.1. The van der Waals surface area contributed by atoms with Crippen molar-refractivity contribution in [3.8, 4) is 0 Å². The highest BCUT2D eigenvalue weighted by Gasteiger charge is 2.62. The molecule has 1 saturated carbocycles. The van der Waals surface area contributed by atoms with E-state index in [1.54, 1.807) is 0 Å². The monoisotopic (exact) mass is 401 g/mol. The Labute approximate surface area is 156 Å². The van der Waals surface area contributed by atoms with Gasteiger partial charge in [0.1, 0.15) is 10.4 Å². The molecule has 0 atom stereocenters. The molecule has 2 heterocycles. The molecule has 1 amide bonds. The second kappa shape index (κ2) is 6.28. The zero-order valence-corrected chi connectivity index (χ0v) is 16.0. The third-order valence-electron chi connectivity index (χ3n) is 5.64. The predicted octanol–water partition coefficient (Wildman–Crippen LogP) is -1.19. The van der Waals surface area contributed by atoms with Crippen molar-refractivity contribution < 1.29 is 33.3 Å². The number of aliphatic hydroxyl groups is 2. The minimum atomic E-state index is -3.92. The lowest BCUT2D eigenvalue weighted by atomic mass is 10.0. The molecule has 1 aliphatic carbocycles. The van der Waals surface area contributed by atoms with E-state index in [9.17, 15) is 33.3 Å². The van der Waals surface area contributed by atoms with Crippen LogP contribution in [0, 0.1) is 0 Å². The van der Waals surface area contributed by atoms with Crippen molar-refractivity contribution in [2.75, 3.05) is 26.3 Å². The number of aromatic carboxylic acids is 1. The van der Waals surface area contributed by atoms with Gasteiger partial charge in [-0.1, -0.05) is 0 Å². The van der Waals surface area contributed by atoms with E-state index >= 15 is 0 Å². The molecule has 0 radical (unpaired) electrons. The topological polar surface area (TPSA) is 150 Å². The number of carboxylic acid groups (broad SMARTS) is 1. The summed E-state index contributed by atoms with van der Waals surface area (Å²) in [6.07, 6.45) is 0.949. The summed E-state index contributed by atoms with van der Waals surface area (Å²) in [5, 5.41) is 32.1. The smallest absolute Gasteiger partial charge is 0.356 e. The van der Waals surface area contributed by atoms with Crippen LogP contribution in [0.3, 0.4) is 0 Å². The van der Waals surface area contributed by atoms with E-state index in [4.69, 9.17) is 0 Å². The maximum absolute atomic E-state index is 13.0. The fourth-order valence-corrected chi connectivity index (χ4v) is 5.99. The Kier molecular flexibility index (Phi) is 4.60. The van der Waals surface area contributed by atoms with Gasteiger partial charge in [-0.05, 0) is 26.2 Å². The Morgan fingerprint density at radius 3 is 2.37 bits per heavy atom. The van der Waals surface area contributed by atoms with Crippen molar-refractivity contribution in [2.24, 2.45) is 7.05 Å². The molecule has 2 aliphatic rings. The molecular weight excluding hydrogens is 378 g/mol. The number of nitrogens with zero attached hydrogens (tertiary/aromatic N) is 3. The molecule has 0 saturated heterocycles. The molecule has 3 N–H and O–H groups in total. The first kappa shape index (κ1) is 19.8.